The molecule has 0 bridgehead atoms. The van der Waals surface area contributed by atoms with E-state index in [0.717, 1.165) is 35.8 Å². The molecule has 0 saturated heterocycles. The Morgan fingerprint density at radius 1 is 1.32 bits per heavy atom. The van der Waals surface area contributed by atoms with Crippen molar-refractivity contribution < 1.29 is 0 Å². The monoisotopic (exact) mass is 285 g/mol. The van der Waals surface area contributed by atoms with Crippen molar-refractivity contribution in [3.8, 4) is 0 Å². The van der Waals surface area contributed by atoms with Crippen LogP contribution in [0.5, 0.6) is 0 Å². The van der Waals surface area contributed by atoms with E-state index in [0.29, 0.717) is 12.0 Å². The van der Waals surface area contributed by atoms with Crippen LogP contribution in [0, 0.1) is 5.92 Å². The minimum Gasteiger partial charge on any atom is -0.314 e. The van der Waals surface area contributed by atoms with E-state index in [1.54, 1.807) is 0 Å². The Morgan fingerprint density at radius 3 is 2.47 bits per heavy atom. The fourth-order valence-corrected chi connectivity index (χ4v) is 3.01. The molecule has 0 fully saturated rings. The molecule has 2 atom stereocenters. The molecule has 4 heteroatoms. The summed E-state index contributed by atoms with van der Waals surface area (Å²) in [4.78, 5) is 0. The van der Waals surface area contributed by atoms with Crippen LogP contribution in [0.3, 0.4) is 0 Å². The summed E-state index contributed by atoms with van der Waals surface area (Å²) < 4.78 is 1.95. The molecule has 0 radical (unpaired) electrons. The van der Waals surface area contributed by atoms with E-state index in [4.69, 9.17) is 11.6 Å². The fraction of sp³-hybridized carbons (Fsp3) is 0.800. The van der Waals surface area contributed by atoms with E-state index in [9.17, 15) is 0 Å². The number of nitrogens with one attached hydrogen (secondary N) is 1. The maximum atomic E-state index is 6.44. The third-order valence-electron chi connectivity index (χ3n) is 3.81. The van der Waals surface area contributed by atoms with Gasteiger partial charge in [-0.3, -0.25) is 4.68 Å². The van der Waals surface area contributed by atoms with Crippen molar-refractivity contribution in [1.29, 1.82) is 0 Å². The van der Waals surface area contributed by atoms with Crippen LogP contribution in [0.2, 0.25) is 5.02 Å². The van der Waals surface area contributed by atoms with Gasteiger partial charge in [-0.1, -0.05) is 45.7 Å². The van der Waals surface area contributed by atoms with Gasteiger partial charge >= 0.3 is 0 Å². The van der Waals surface area contributed by atoms with Gasteiger partial charge in [-0.2, -0.15) is 5.10 Å². The van der Waals surface area contributed by atoms with Gasteiger partial charge in [0.15, 0.2) is 0 Å². The average Bonchev–Trinajstić information content (AvgIpc) is 2.65. The molecule has 2 unspecified atom stereocenters. The molecule has 0 aromatic carbocycles. The van der Waals surface area contributed by atoms with Crippen LogP contribution in [0.15, 0.2) is 0 Å². The maximum Gasteiger partial charge on any atom is 0.0850 e. The van der Waals surface area contributed by atoms with Gasteiger partial charge in [0, 0.05) is 19.5 Å². The molecule has 0 aliphatic heterocycles. The van der Waals surface area contributed by atoms with Crippen LogP contribution in [-0.4, -0.2) is 22.4 Å². The molecule has 0 saturated carbocycles. The van der Waals surface area contributed by atoms with Gasteiger partial charge in [-0.15, -0.1) is 0 Å². The molecule has 1 aromatic rings. The van der Waals surface area contributed by atoms with E-state index >= 15 is 0 Å². The summed E-state index contributed by atoms with van der Waals surface area (Å²) in [6, 6.07) is 0.475. The number of rotatable bonds is 8. The molecule has 1 heterocycles. The molecule has 0 amide bonds. The highest BCUT2D eigenvalue weighted by atomic mass is 35.5. The topological polar surface area (TPSA) is 29.9 Å². The summed E-state index contributed by atoms with van der Waals surface area (Å²) in [5, 5.41) is 8.96. The first-order valence-electron chi connectivity index (χ1n) is 7.48. The second-order valence-corrected chi connectivity index (χ2v) is 5.70. The Labute approximate surface area is 122 Å². The Hall–Kier alpha value is -0.540. The van der Waals surface area contributed by atoms with E-state index in [-0.39, 0.29) is 0 Å². The molecule has 1 rings (SSSR count). The Bertz CT molecular complexity index is 387. The normalized spacial score (nSPS) is 14.6. The second-order valence-electron chi connectivity index (χ2n) is 5.32. The third kappa shape index (κ3) is 4.22. The van der Waals surface area contributed by atoms with E-state index < -0.39 is 0 Å². The maximum absolute atomic E-state index is 6.44. The van der Waals surface area contributed by atoms with Crippen molar-refractivity contribution in [2.75, 3.05) is 6.54 Å². The predicted molar refractivity (Wildman–Crippen MR) is 82.8 cm³/mol. The van der Waals surface area contributed by atoms with Crippen molar-refractivity contribution in [2.24, 2.45) is 13.0 Å². The Balaban J connectivity index is 2.86. The summed E-state index contributed by atoms with van der Waals surface area (Å²) in [6.07, 6.45) is 4.32. The molecular formula is C15H28ClN3. The lowest BCUT2D eigenvalue weighted by Crippen LogP contribution is -2.37. The van der Waals surface area contributed by atoms with Gasteiger partial charge in [-0.05, 0) is 25.3 Å². The van der Waals surface area contributed by atoms with E-state index in [2.05, 4.69) is 38.1 Å². The highest BCUT2D eigenvalue weighted by Gasteiger charge is 2.21. The highest BCUT2D eigenvalue weighted by molar-refractivity contribution is 6.31. The third-order valence-corrected chi connectivity index (χ3v) is 4.25. The largest absolute Gasteiger partial charge is 0.314 e. The zero-order valence-electron chi connectivity index (χ0n) is 13.0. The molecule has 1 N–H and O–H groups in total. The molecule has 19 heavy (non-hydrogen) atoms. The number of aromatic nitrogens is 2. The van der Waals surface area contributed by atoms with Gasteiger partial charge in [0.1, 0.15) is 0 Å². The van der Waals surface area contributed by atoms with E-state index in [1.165, 1.54) is 12.8 Å². The summed E-state index contributed by atoms with van der Waals surface area (Å²) in [6.45, 7) is 9.82. The van der Waals surface area contributed by atoms with Gasteiger partial charge in [0.05, 0.1) is 16.4 Å². The van der Waals surface area contributed by atoms with Crippen LogP contribution in [-0.2, 0) is 19.9 Å². The Morgan fingerprint density at radius 2 is 2.00 bits per heavy atom. The zero-order chi connectivity index (χ0) is 14.4. The predicted octanol–water partition coefficient (Wildman–Crippen LogP) is 3.59. The van der Waals surface area contributed by atoms with Crippen molar-refractivity contribution in [3.63, 3.8) is 0 Å². The number of aryl methyl sites for hydroxylation is 2. The molecule has 110 valence electrons. The van der Waals surface area contributed by atoms with Gasteiger partial charge in [0.25, 0.3) is 0 Å². The van der Waals surface area contributed by atoms with Crippen LogP contribution in [0.25, 0.3) is 0 Å². The Kier molecular flexibility index (Phi) is 6.87. The summed E-state index contributed by atoms with van der Waals surface area (Å²) in [5.41, 5.74) is 2.17. The fourth-order valence-electron chi connectivity index (χ4n) is 2.64. The lowest BCUT2D eigenvalue weighted by atomic mass is 9.93. The number of halogens is 1. The molecule has 0 aliphatic rings. The van der Waals surface area contributed by atoms with Crippen LogP contribution in [0.4, 0.5) is 0 Å². The standard InChI is InChI=1S/C15H28ClN3/c1-6-9-11(4)13(17-8-3)10-14-15(16)12(7-2)18-19(14)5/h11,13,17H,6-10H2,1-5H3. The first-order chi connectivity index (χ1) is 9.04. The minimum absolute atomic E-state index is 0.475. The van der Waals surface area contributed by atoms with Crippen molar-refractivity contribution >= 4 is 11.6 Å². The van der Waals surface area contributed by atoms with Crippen LogP contribution >= 0.6 is 11.6 Å². The molecule has 3 nitrogen and oxygen atoms in total. The van der Waals surface area contributed by atoms with Crippen molar-refractivity contribution in [1.82, 2.24) is 15.1 Å². The SMILES string of the molecule is CCCC(C)C(Cc1c(Cl)c(CC)nn1C)NCC. The number of hydrogen-bond donors (Lipinski definition) is 1. The first-order valence-corrected chi connectivity index (χ1v) is 7.86. The van der Waals surface area contributed by atoms with Crippen molar-refractivity contribution in [3.05, 3.63) is 16.4 Å². The summed E-state index contributed by atoms with van der Waals surface area (Å²) in [5.74, 6) is 0.654. The lowest BCUT2D eigenvalue weighted by Gasteiger charge is -2.24. The zero-order valence-corrected chi connectivity index (χ0v) is 13.7. The summed E-state index contributed by atoms with van der Waals surface area (Å²) >= 11 is 6.44. The first kappa shape index (κ1) is 16.5. The van der Waals surface area contributed by atoms with Gasteiger partial charge in [-0.25, -0.2) is 0 Å². The van der Waals surface area contributed by atoms with Crippen molar-refractivity contribution in [2.45, 2.75) is 59.4 Å². The number of hydrogen-bond acceptors (Lipinski definition) is 2. The molecule has 1 aromatic heterocycles. The van der Waals surface area contributed by atoms with Gasteiger partial charge in [0.2, 0.25) is 0 Å². The minimum atomic E-state index is 0.475. The number of likely N-dealkylation sites (N-methyl/N-ethyl adjacent to an activating group) is 1. The molecule has 0 spiro atoms. The van der Waals surface area contributed by atoms with Gasteiger partial charge < -0.3 is 5.32 Å². The number of nitrogens with zero attached hydrogens (tertiary/aromatic N) is 2. The van der Waals surface area contributed by atoms with Crippen LogP contribution in [0.1, 0.15) is 51.9 Å². The molecular weight excluding hydrogens is 258 g/mol. The van der Waals surface area contributed by atoms with E-state index in [1.807, 2.05) is 11.7 Å². The summed E-state index contributed by atoms with van der Waals surface area (Å²) in [7, 11) is 1.99. The highest BCUT2D eigenvalue weighted by Crippen LogP contribution is 2.24. The second kappa shape index (κ2) is 7.91. The quantitative estimate of drug-likeness (QED) is 0.791. The lowest BCUT2D eigenvalue weighted by molar-refractivity contribution is 0.352. The smallest absolute Gasteiger partial charge is 0.0850 e. The molecule has 0 aliphatic carbocycles. The van der Waals surface area contributed by atoms with Crippen LogP contribution < -0.4 is 5.32 Å². The average molecular weight is 286 g/mol.